The van der Waals surface area contributed by atoms with E-state index in [2.05, 4.69) is 39.9 Å². The minimum Gasteiger partial charge on any atom is -0.495 e. The molecule has 0 saturated carbocycles. The number of methoxy groups -OCH3 is 1. The molecular formula is C27H34N6O5. The molecule has 38 heavy (non-hydrogen) atoms. The SMILES string of the molecule is COc1cc(CC(=O)NC(CC(C)C)c2ccn(CCC(=O)O)n2)ccc1NC(=O)Nc1ncccc1C. The van der Waals surface area contributed by atoms with Gasteiger partial charge in [-0.15, -0.1) is 0 Å². The van der Waals surface area contributed by atoms with Crippen LogP contribution in [0.4, 0.5) is 16.3 Å². The molecule has 0 saturated heterocycles. The Labute approximate surface area is 221 Å². The number of pyridine rings is 1. The molecule has 0 aliphatic carbocycles. The van der Waals surface area contributed by atoms with Crippen LogP contribution in [0.5, 0.6) is 5.75 Å². The highest BCUT2D eigenvalue weighted by Gasteiger charge is 2.20. The molecule has 0 aliphatic rings. The largest absolute Gasteiger partial charge is 0.495 e. The standard InChI is InChI=1S/C27H34N6O5/c1-17(2)14-22(20-9-12-33(32-20)13-10-25(35)36)29-24(34)16-19-7-8-21(23(15-19)38-4)30-27(37)31-26-18(3)6-5-11-28-26/h5-9,11-12,15,17,22H,10,13-14,16H2,1-4H3,(H,29,34)(H,35,36)(H2,28,30,31,37). The molecule has 0 aliphatic heterocycles. The Morgan fingerprint density at radius 1 is 1.13 bits per heavy atom. The average Bonchev–Trinajstić information content (AvgIpc) is 3.33. The number of aliphatic carboxylic acids is 1. The first-order valence-corrected chi connectivity index (χ1v) is 12.4. The van der Waals surface area contributed by atoms with Crippen LogP contribution in [0.1, 0.15) is 49.6 Å². The third kappa shape index (κ3) is 8.32. The molecule has 202 valence electrons. The van der Waals surface area contributed by atoms with Crippen molar-refractivity contribution in [2.24, 2.45) is 5.92 Å². The number of hydrogen-bond donors (Lipinski definition) is 4. The number of aromatic nitrogens is 3. The van der Waals surface area contributed by atoms with E-state index in [0.29, 0.717) is 40.9 Å². The lowest BCUT2D eigenvalue weighted by Crippen LogP contribution is -2.31. The van der Waals surface area contributed by atoms with Crippen molar-refractivity contribution in [3.05, 3.63) is 65.6 Å². The van der Waals surface area contributed by atoms with E-state index in [4.69, 9.17) is 9.84 Å². The maximum absolute atomic E-state index is 12.9. The van der Waals surface area contributed by atoms with E-state index < -0.39 is 12.0 Å². The fourth-order valence-electron chi connectivity index (χ4n) is 3.88. The Morgan fingerprint density at radius 2 is 1.92 bits per heavy atom. The molecule has 1 aromatic carbocycles. The number of ether oxygens (including phenoxy) is 1. The number of amides is 3. The van der Waals surface area contributed by atoms with E-state index in [-0.39, 0.29) is 31.3 Å². The summed E-state index contributed by atoms with van der Waals surface area (Å²) in [5.74, 6) is 0.0893. The fourth-order valence-corrected chi connectivity index (χ4v) is 3.88. The molecule has 3 amide bonds. The predicted octanol–water partition coefficient (Wildman–Crippen LogP) is 4.16. The molecule has 3 rings (SSSR count). The quantitative estimate of drug-likeness (QED) is 0.279. The predicted molar refractivity (Wildman–Crippen MR) is 143 cm³/mol. The fraction of sp³-hybridized carbons (Fsp3) is 0.370. The second-order valence-electron chi connectivity index (χ2n) is 9.36. The van der Waals surface area contributed by atoms with Crippen molar-refractivity contribution in [3.8, 4) is 5.75 Å². The van der Waals surface area contributed by atoms with Gasteiger partial charge in [0, 0.05) is 12.4 Å². The van der Waals surface area contributed by atoms with Crippen molar-refractivity contribution in [2.75, 3.05) is 17.7 Å². The number of nitrogens with zero attached hydrogens (tertiary/aromatic N) is 3. The Kier molecular flexibility index (Phi) is 9.80. The van der Waals surface area contributed by atoms with Gasteiger partial charge in [-0.05, 0) is 54.7 Å². The number of nitrogens with one attached hydrogen (secondary N) is 3. The minimum absolute atomic E-state index is 0.0283. The van der Waals surface area contributed by atoms with Gasteiger partial charge in [0.2, 0.25) is 5.91 Å². The van der Waals surface area contributed by atoms with Crippen LogP contribution in [-0.4, -0.2) is 44.9 Å². The van der Waals surface area contributed by atoms with E-state index in [1.165, 1.54) is 7.11 Å². The van der Waals surface area contributed by atoms with Crippen LogP contribution in [0.3, 0.4) is 0 Å². The summed E-state index contributed by atoms with van der Waals surface area (Å²) in [6, 6.07) is 9.81. The van der Waals surface area contributed by atoms with Crippen LogP contribution < -0.4 is 20.7 Å². The number of carbonyl (C=O) groups excluding carboxylic acids is 2. The highest BCUT2D eigenvalue weighted by molar-refractivity contribution is 6.00. The number of urea groups is 1. The first kappa shape index (κ1) is 28.2. The Balaban J connectivity index is 1.64. The van der Waals surface area contributed by atoms with E-state index >= 15 is 0 Å². The number of benzene rings is 1. The highest BCUT2D eigenvalue weighted by atomic mass is 16.5. The van der Waals surface area contributed by atoms with Crippen molar-refractivity contribution in [2.45, 2.75) is 52.6 Å². The normalized spacial score (nSPS) is 11.6. The first-order chi connectivity index (χ1) is 18.1. The summed E-state index contributed by atoms with van der Waals surface area (Å²) in [6.07, 6.45) is 4.07. The van der Waals surface area contributed by atoms with Crippen LogP contribution >= 0.6 is 0 Å². The van der Waals surface area contributed by atoms with Gasteiger partial charge in [-0.1, -0.05) is 26.0 Å². The molecule has 1 unspecified atom stereocenters. The van der Waals surface area contributed by atoms with Crippen molar-refractivity contribution in [1.82, 2.24) is 20.1 Å². The Morgan fingerprint density at radius 3 is 2.61 bits per heavy atom. The maximum atomic E-state index is 12.9. The van der Waals surface area contributed by atoms with Gasteiger partial charge < -0.3 is 20.5 Å². The lowest BCUT2D eigenvalue weighted by atomic mass is 10.0. The highest BCUT2D eigenvalue weighted by Crippen LogP contribution is 2.27. The summed E-state index contributed by atoms with van der Waals surface area (Å²) < 4.78 is 7.02. The smallest absolute Gasteiger partial charge is 0.324 e. The Hall–Kier alpha value is -4.41. The summed E-state index contributed by atoms with van der Waals surface area (Å²) in [4.78, 5) is 40.4. The third-order valence-electron chi connectivity index (χ3n) is 5.74. The van der Waals surface area contributed by atoms with Crippen molar-refractivity contribution >= 4 is 29.4 Å². The molecule has 0 spiro atoms. The van der Waals surface area contributed by atoms with E-state index in [0.717, 1.165) is 5.56 Å². The monoisotopic (exact) mass is 522 g/mol. The molecule has 1 atom stereocenters. The van der Waals surface area contributed by atoms with Gasteiger partial charge in [0.25, 0.3) is 0 Å². The van der Waals surface area contributed by atoms with Gasteiger partial charge in [0.15, 0.2) is 0 Å². The van der Waals surface area contributed by atoms with Crippen LogP contribution in [0.15, 0.2) is 48.8 Å². The number of carbonyl (C=O) groups is 3. The van der Waals surface area contributed by atoms with Gasteiger partial charge in [-0.2, -0.15) is 5.10 Å². The zero-order valence-corrected chi connectivity index (χ0v) is 22.0. The summed E-state index contributed by atoms with van der Waals surface area (Å²) in [6.45, 7) is 6.22. The van der Waals surface area contributed by atoms with Crippen molar-refractivity contribution in [3.63, 3.8) is 0 Å². The maximum Gasteiger partial charge on any atom is 0.324 e. The van der Waals surface area contributed by atoms with E-state index in [1.807, 2.05) is 13.0 Å². The van der Waals surface area contributed by atoms with Gasteiger partial charge in [0.1, 0.15) is 11.6 Å². The number of hydrogen-bond acceptors (Lipinski definition) is 6. The molecule has 0 fully saturated rings. The van der Waals surface area contributed by atoms with Gasteiger partial charge in [0.05, 0.1) is 43.9 Å². The molecule has 3 aromatic rings. The van der Waals surface area contributed by atoms with Crippen molar-refractivity contribution < 1.29 is 24.2 Å². The zero-order valence-electron chi connectivity index (χ0n) is 22.0. The van der Waals surface area contributed by atoms with E-state index in [9.17, 15) is 14.4 Å². The number of rotatable bonds is 12. The molecule has 0 radical (unpaired) electrons. The molecule has 11 nitrogen and oxygen atoms in total. The van der Waals surface area contributed by atoms with E-state index in [1.54, 1.807) is 47.4 Å². The number of aryl methyl sites for hydroxylation is 2. The van der Waals surface area contributed by atoms with Crippen molar-refractivity contribution in [1.29, 1.82) is 0 Å². The number of carboxylic acid groups (broad SMARTS) is 1. The lowest BCUT2D eigenvalue weighted by molar-refractivity contribution is -0.137. The third-order valence-corrected chi connectivity index (χ3v) is 5.74. The molecule has 0 bridgehead atoms. The van der Waals surface area contributed by atoms with Gasteiger partial charge in [-0.25, -0.2) is 9.78 Å². The van der Waals surface area contributed by atoms with Crippen LogP contribution in [0, 0.1) is 12.8 Å². The number of anilines is 2. The molecule has 2 heterocycles. The lowest BCUT2D eigenvalue weighted by Gasteiger charge is -2.19. The average molecular weight is 523 g/mol. The summed E-state index contributed by atoms with van der Waals surface area (Å²) in [5, 5.41) is 21.9. The molecular weight excluding hydrogens is 488 g/mol. The zero-order chi connectivity index (χ0) is 27.7. The topological polar surface area (TPSA) is 147 Å². The second-order valence-corrected chi connectivity index (χ2v) is 9.36. The summed E-state index contributed by atoms with van der Waals surface area (Å²) in [5.41, 5.74) is 2.68. The van der Waals surface area contributed by atoms with Crippen LogP contribution in [0.25, 0.3) is 0 Å². The molecule has 11 heteroatoms. The Bertz CT molecular complexity index is 1270. The second kappa shape index (κ2) is 13.2. The molecule has 2 aromatic heterocycles. The minimum atomic E-state index is -0.894. The summed E-state index contributed by atoms with van der Waals surface area (Å²) >= 11 is 0. The first-order valence-electron chi connectivity index (χ1n) is 12.4. The number of carboxylic acids is 1. The molecule has 4 N–H and O–H groups in total. The van der Waals surface area contributed by atoms with Crippen LogP contribution in [0.2, 0.25) is 0 Å². The van der Waals surface area contributed by atoms with Crippen LogP contribution in [-0.2, 0) is 22.6 Å². The van der Waals surface area contributed by atoms with Gasteiger partial charge in [-0.3, -0.25) is 19.6 Å². The summed E-state index contributed by atoms with van der Waals surface area (Å²) in [7, 11) is 1.49. The van der Waals surface area contributed by atoms with Gasteiger partial charge >= 0.3 is 12.0 Å².